The Morgan fingerprint density at radius 1 is 1.36 bits per heavy atom. The van der Waals surface area contributed by atoms with Crippen molar-refractivity contribution in [3.63, 3.8) is 0 Å². The Morgan fingerprint density at radius 2 is 2.00 bits per heavy atom. The van der Waals surface area contributed by atoms with E-state index in [1.807, 2.05) is 0 Å². The second-order valence-electron chi connectivity index (χ2n) is 2.78. The van der Waals surface area contributed by atoms with E-state index in [1.54, 1.807) is 6.07 Å². The lowest BCUT2D eigenvalue weighted by molar-refractivity contribution is 0.298. The highest BCUT2D eigenvalue weighted by molar-refractivity contribution is 7.86. The summed E-state index contributed by atoms with van der Waals surface area (Å²) in [5.41, 5.74) is 5.72. The van der Waals surface area contributed by atoms with Gasteiger partial charge in [-0.1, -0.05) is 12.1 Å². The van der Waals surface area contributed by atoms with Gasteiger partial charge in [-0.25, -0.2) is 0 Å². The quantitative estimate of drug-likeness (QED) is 0.490. The fraction of sp³-hybridized carbons (Fsp3) is 0.250. The summed E-state index contributed by atoms with van der Waals surface area (Å²) in [4.78, 5) is -0.311. The minimum atomic E-state index is -4.32. The summed E-state index contributed by atoms with van der Waals surface area (Å²) in [6.45, 7) is -0.202. The number of aliphatic hydroxyl groups is 1. The molecule has 0 unspecified atom stereocenters. The molecule has 0 saturated carbocycles. The van der Waals surface area contributed by atoms with Crippen molar-refractivity contribution in [3.8, 4) is 0 Å². The third kappa shape index (κ3) is 2.22. The predicted octanol–water partition coefficient (Wildman–Crippen LogP) is 0.0503. The highest BCUT2D eigenvalue weighted by Gasteiger charge is 2.17. The molecule has 0 amide bonds. The van der Waals surface area contributed by atoms with Crippen LogP contribution in [-0.2, 0) is 16.5 Å². The van der Waals surface area contributed by atoms with Crippen molar-refractivity contribution in [2.45, 2.75) is 11.3 Å². The smallest absolute Gasteiger partial charge is 0.296 e. The molecule has 0 radical (unpaired) electrons. The van der Waals surface area contributed by atoms with Gasteiger partial charge in [0.2, 0.25) is 0 Å². The first kappa shape index (κ1) is 11.0. The standard InChI is InChI=1S/C8H11NO4S/c9-7-3-1-2-6(4-5-10)8(7)14(11,12)13/h1-3,10H,4-5,9H2,(H,11,12,13). The van der Waals surface area contributed by atoms with Crippen molar-refractivity contribution in [1.29, 1.82) is 0 Å². The van der Waals surface area contributed by atoms with Crippen LogP contribution in [0.1, 0.15) is 5.56 Å². The first-order valence-electron chi connectivity index (χ1n) is 3.92. The average Bonchev–Trinajstić information content (AvgIpc) is 2.02. The summed E-state index contributed by atoms with van der Waals surface area (Å²) in [7, 11) is -4.32. The third-order valence-electron chi connectivity index (χ3n) is 1.77. The van der Waals surface area contributed by atoms with Crippen molar-refractivity contribution in [2.24, 2.45) is 0 Å². The first-order valence-corrected chi connectivity index (χ1v) is 5.36. The van der Waals surface area contributed by atoms with Gasteiger partial charge in [0, 0.05) is 6.61 Å². The molecule has 5 nitrogen and oxygen atoms in total. The van der Waals surface area contributed by atoms with Gasteiger partial charge in [-0.3, -0.25) is 4.55 Å². The van der Waals surface area contributed by atoms with Crippen LogP contribution in [0.4, 0.5) is 5.69 Å². The lowest BCUT2D eigenvalue weighted by Crippen LogP contribution is -2.08. The molecule has 78 valence electrons. The fourth-order valence-electron chi connectivity index (χ4n) is 1.24. The summed E-state index contributed by atoms with van der Waals surface area (Å²) in [5, 5.41) is 8.68. The van der Waals surface area contributed by atoms with Crippen LogP contribution in [0.3, 0.4) is 0 Å². The molecule has 1 rings (SSSR count). The molecule has 14 heavy (non-hydrogen) atoms. The van der Waals surface area contributed by atoms with Crippen LogP contribution < -0.4 is 5.73 Å². The molecular weight excluding hydrogens is 206 g/mol. The summed E-state index contributed by atoms with van der Waals surface area (Å²) >= 11 is 0. The van der Waals surface area contributed by atoms with Crippen LogP contribution in [0.2, 0.25) is 0 Å². The zero-order valence-electron chi connectivity index (χ0n) is 7.34. The van der Waals surface area contributed by atoms with Crippen LogP contribution in [0, 0.1) is 0 Å². The average molecular weight is 217 g/mol. The Bertz CT molecular complexity index is 427. The van der Waals surface area contributed by atoms with E-state index in [0.29, 0.717) is 5.56 Å². The highest BCUT2D eigenvalue weighted by atomic mass is 32.2. The Morgan fingerprint density at radius 3 is 2.50 bits per heavy atom. The molecule has 0 heterocycles. The van der Waals surface area contributed by atoms with Gasteiger partial charge in [0.1, 0.15) is 4.90 Å². The summed E-state index contributed by atoms with van der Waals surface area (Å²) in [5.74, 6) is 0. The topological polar surface area (TPSA) is 101 Å². The Hall–Kier alpha value is -1.11. The molecule has 0 saturated heterocycles. The monoisotopic (exact) mass is 217 g/mol. The maximum atomic E-state index is 10.9. The van der Waals surface area contributed by atoms with E-state index < -0.39 is 10.1 Å². The van der Waals surface area contributed by atoms with Crippen molar-refractivity contribution in [1.82, 2.24) is 0 Å². The van der Waals surface area contributed by atoms with Gasteiger partial charge in [-0.2, -0.15) is 8.42 Å². The fourth-order valence-corrected chi connectivity index (χ4v) is 2.10. The molecule has 0 aromatic heterocycles. The van der Waals surface area contributed by atoms with Crippen LogP contribution in [0.5, 0.6) is 0 Å². The molecule has 0 fully saturated rings. The lowest BCUT2D eigenvalue weighted by Gasteiger charge is -2.07. The normalized spacial score (nSPS) is 11.6. The largest absolute Gasteiger partial charge is 0.398 e. The van der Waals surface area contributed by atoms with Gasteiger partial charge in [0.25, 0.3) is 10.1 Å². The molecular formula is C8H11NO4S. The lowest BCUT2D eigenvalue weighted by atomic mass is 10.1. The summed E-state index contributed by atoms with van der Waals surface area (Å²) in [6.07, 6.45) is 0.139. The van der Waals surface area contributed by atoms with E-state index >= 15 is 0 Å². The van der Waals surface area contributed by atoms with Crippen molar-refractivity contribution in [2.75, 3.05) is 12.3 Å². The number of aliphatic hydroxyl groups excluding tert-OH is 1. The first-order chi connectivity index (χ1) is 6.46. The van der Waals surface area contributed by atoms with Gasteiger partial charge >= 0.3 is 0 Å². The maximum absolute atomic E-state index is 10.9. The van der Waals surface area contributed by atoms with Crippen LogP contribution >= 0.6 is 0 Å². The molecule has 4 N–H and O–H groups in total. The van der Waals surface area contributed by atoms with Crippen LogP contribution in [0.15, 0.2) is 23.1 Å². The van der Waals surface area contributed by atoms with E-state index in [1.165, 1.54) is 12.1 Å². The Labute approximate surface area is 81.9 Å². The van der Waals surface area contributed by atoms with E-state index in [9.17, 15) is 8.42 Å². The third-order valence-corrected chi connectivity index (χ3v) is 2.78. The molecule has 0 spiro atoms. The second kappa shape index (κ2) is 3.95. The number of anilines is 1. The Kier molecular flexibility index (Phi) is 3.10. The number of nitrogens with two attached hydrogens (primary N) is 1. The molecule has 0 bridgehead atoms. The van der Waals surface area contributed by atoms with Crippen molar-refractivity contribution >= 4 is 15.8 Å². The number of nitrogen functional groups attached to an aromatic ring is 1. The van der Waals surface area contributed by atoms with Gasteiger partial charge in [-0.05, 0) is 18.1 Å². The predicted molar refractivity (Wildman–Crippen MR) is 51.5 cm³/mol. The van der Waals surface area contributed by atoms with E-state index in [2.05, 4.69) is 0 Å². The minimum absolute atomic E-state index is 0.0153. The molecule has 0 aliphatic heterocycles. The summed E-state index contributed by atoms with van der Waals surface area (Å²) < 4.78 is 30.8. The molecule has 0 aliphatic carbocycles. The molecule has 1 aromatic carbocycles. The Balaban J connectivity index is 3.37. The van der Waals surface area contributed by atoms with Gasteiger partial charge < -0.3 is 10.8 Å². The second-order valence-corrected chi connectivity index (χ2v) is 4.14. The minimum Gasteiger partial charge on any atom is -0.398 e. The van der Waals surface area contributed by atoms with Gasteiger partial charge in [-0.15, -0.1) is 0 Å². The number of hydrogen-bond donors (Lipinski definition) is 3. The zero-order chi connectivity index (χ0) is 10.8. The van der Waals surface area contributed by atoms with Crippen LogP contribution in [-0.4, -0.2) is 24.7 Å². The van der Waals surface area contributed by atoms with E-state index in [4.69, 9.17) is 15.4 Å². The highest BCUT2D eigenvalue weighted by Crippen LogP contribution is 2.22. The number of hydrogen-bond acceptors (Lipinski definition) is 4. The molecule has 0 aliphatic rings. The molecule has 6 heteroatoms. The van der Waals surface area contributed by atoms with Gasteiger partial charge in [0.15, 0.2) is 0 Å². The number of rotatable bonds is 3. The van der Waals surface area contributed by atoms with E-state index in [0.717, 1.165) is 0 Å². The van der Waals surface area contributed by atoms with Gasteiger partial charge in [0.05, 0.1) is 5.69 Å². The zero-order valence-corrected chi connectivity index (χ0v) is 8.16. The maximum Gasteiger partial charge on any atom is 0.296 e. The SMILES string of the molecule is Nc1cccc(CCO)c1S(=O)(=O)O. The molecule has 0 atom stereocenters. The molecule has 1 aromatic rings. The van der Waals surface area contributed by atoms with Crippen molar-refractivity contribution in [3.05, 3.63) is 23.8 Å². The van der Waals surface area contributed by atoms with Crippen LogP contribution in [0.25, 0.3) is 0 Å². The van der Waals surface area contributed by atoms with Crippen molar-refractivity contribution < 1.29 is 18.1 Å². The summed E-state index contributed by atoms with van der Waals surface area (Å²) in [6, 6.07) is 4.44. The van der Waals surface area contributed by atoms with E-state index in [-0.39, 0.29) is 23.6 Å². The number of benzene rings is 1.